The highest BCUT2D eigenvalue weighted by atomic mass is 35.5. The third-order valence-corrected chi connectivity index (χ3v) is 3.65. The Kier molecular flexibility index (Phi) is 3.49. The number of anilines is 1. The SMILES string of the molecule is N#Cc1ccc(NCC2Cc3ccccc3O2)cc1Cl. The molecule has 0 saturated heterocycles. The first-order chi connectivity index (χ1) is 9.76. The molecule has 0 amide bonds. The summed E-state index contributed by atoms with van der Waals surface area (Å²) in [5.41, 5.74) is 2.63. The maximum Gasteiger partial charge on any atom is 0.123 e. The zero-order chi connectivity index (χ0) is 13.9. The summed E-state index contributed by atoms with van der Waals surface area (Å²) >= 11 is 6.00. The van der Waals surface area contributed by atoms with E-state index in [9.17, 15) is 0 Å². The van der Waals surface area contributed by atoms with Crippen molar-refractivity contribution in [3.05, 3.63) is 58.6 Å². The zero-order valence-electron chi connectivity index (χ0n) is 10.8. The summed E-state index contributed by atoms with van der Waals surface area (Å²) in [6, 6.07) is 15.5. The number of hydrogen-bond donors (Lipinski definition) is 1. The van der Waals surface area contributed by atoms with Crippen molar-refractivity contribution < 1.29 is 4.74 Å². The predicted octanol–water partition coefficient (Wildman–Crippen LogP) is 3.63. The lowest BCUT2D eigenvalue weighted by molar-refractivity contribution is 0.246. The zero-order valence-corrected chi connectivity index (χ0v) is 11.5. The number of benzene rings is 2. The van der Waals surface area contributed by atoms with Crippen molar-refractivity contribution in [3.63, 3.8) is 0 Å². The van der Waals surface area contributed by atoms with Gasteiger partial charge in [0.1, 0.15) is 17.9 Å². The van der Waals surface area contributed by atoms with E-state index in [-0.39, 0.29) is 6.10 Å². The van der Waals surface area contributed by atoms with Gasteiger partial charge in [0, 0.05) is 12.1 Å². The molecular weight excluding hydrogens is 272 g/mol. The average molecular weight is 285 g/mol. The van der Waals surface area contributed by atoms with E-state index in [1.807, 2.05) is 30.3 Å². The van der Waals surface area contributed by atoms with Gasteiger partial charge in [-0.3, -0.25) is 0 Å². The van der Waals surface area contributed by atoms with Crippen LogP contribution in [0.3, 0.4) is 0 Å². The molecule has 0 radical (unpaired) electrons. The molecule has 0 aliphatic carbocycles. The summed E-state index contributed by atoms with van der Waals surface area (Å²) in [5, 5.41) is 12.6. The van der Waals surface area contributed by atoms with Crippen molar-refractivity contribution in [2.75, 3.05) is 11.9 Å². The van der Waals surface area contributed by atoms with Gasteiger partial charge in [0.15, 0.2) is 0 Å². The first kappa shape index (κ1) is 12.8. The summed E-state index contributed by atoms with van der Waals surface area (Å²) < 4.78 is 5.86. The minimum absolute atomic E-state index is 0.127. The number of rotatable bonds is 3. The average Bonchev–Trinajstić information content (AvgIpc) is 2.88. The van der Waals surface area contributed by atoms with Crippen molar-refractivity contribution in [2.24, 2.45) is 0 Å². The Balaban J connectivity index is 1.62. The van der Waals surface area contributed by atoms with E-state index >= 15 is 0 Å². The van der Waals surface area contributed by atoms with Gasteiger partial charge in [-0.15, -0.1) is 0 Å². The lowest BCUT2D eigenvalue weighted by atomic mass is 10.1. The van der Waals surface area contributed by atoms with E-state index in [4.69, 9.17) is 21.6 Å². The molecule has 0 spiro atoms. The van der Waals surface area contributed by atoms with Crippen molar-refractivity contribution in [3.8, 4) is 11.8 Å². The Morgan fingerprint density at radius 2 is 2.15 bits per heavy atom. The fourth-order valence-electron chi connectivity index (χ4n) is 2.32. The first-order valence-electron chi connectivity index (χ1n) is 6.44. The second-order valence-corrected chi connectivity index (χ2v) is 5.15. The second-order valence-electron chi connectivity index (χ2n) is 4.74. The van der Waals surface area contributed by atoms with Crippen LogP contribution in [0.2, 0.25) is 5.02 Å². The maximum absolute atomic E-state index is 8.84. The molecule has 2 aromatic rings. The number of para-hydroxylation sites is 1. The Hall–Kier alpha value is -2.18. The highest BCUT2D eigenvalue weighted by Gasteiger charge is 2.21. The molecule has 1 aliphatic heterocycles. The van der Waals surface area contributed by atoms with Crippen LogP contribution in [0.25, 0.3) is 0 Å². The highest BCUT2D eigenvalue weighted by Crippen LogP contribution is 2.28. The number of fused-ring (bicyclic) bond motifs is 1. The quantitative estimate of drug-likeness (QED) is 0.936. The molecular formula is C16H13ClN2O. The Morgan fingerprint density at radius 3 is 2.90 bits per heavy atom. The van der Waals surface area contributed by atoms with Gasteiger partial charge in [-0.2, -0.15) is 5.26 Å². The van der Waals surface area contributed by atoms with Gasteiger partial charge in [-0.25, -0.2) is 0 Å². The van der Waals surface area contributed by atoms with Gasteiger partial charge in [-0.05, 0) is 29.8 Å². The number of nitrogens with one attached hydrogen (secondary N) is 1. The normalized spacial score (nSPS) is 16.1. The second kappa shape index (κ2) is 5.44. The molecule has 2 aromatic carbocycles. The highest BCUT2D eigenvalue weighted by molar-refractivity contribution is 6.32. The van der Waals surface area contributed by atoms with Crippen molar-refractivity contribution in [1.29, 1.82) is 5.26 Å². The minimum atomic E-state index is 0.127. The molecule has 3 rings (SSSR count). The van der Waals surface area contributed by atoms with Gasteiger partial charge >= 0.3 is 0 Å². The Bertz CT molecular complexity index is 653. The van der Waals surface area contributed by atoms with E-state index in [2.05, 4.69) is 11.4 Å². The number of nitriles is 1. The van der Waals surface area contributed by atoms with Crippen LogP contribution in [-0.2, 0) is 6.42 Å². The van der Waals surface area contributed by atoms with Crippen LogP contribution in [0.15, 0.2) is 42.5 Å². The van der Waals surface area contributed by atoms with Gasteiger partial charge in [0.25, 0.3) is 0 Å². The van der Waals surface area contributed by atoms with Crippen LogP contribution in [0, 0.1) is 11.3 Å². The third-order valence-electron chi connectivity index (χ3n) is 3.34. The van der Waals surface area contributed by atoms with Crippen LogP contribution in [0.4, 0.5) is 5.69 Å². The molecule has 1 atom stereocenters. The molecule has 0 aromatic heterocycles. The predicted molar refractivity (Wildman–Crippen MR) is 79.2 cm³/mol. The Labute approximate surface area is 122 Å². The van der Waals surface area contributed by atoms with E-state index < -0.39 is 0 Å². The number of hydrogen-bond acceptors (Lipinski definition) is 3. The lowest BCUT2D eigenvalue weighted by Crippen LogP contribution is -2.23. The van der Waals surface area contributed by atoms with Gasteiger partial charge < -0.3 is 10.1 Å². The molecule has 0 saturated carbocycles. The van der Waals surface area contributed by atoms with Gasteiger partial charge in [0.2, 0.25) is 0 Å². The van der Waals surface area contributed by atoms with Crippen LogP contribution < -0.4 is 10.1 Å². The molecule has 0 fully saturated rings. The van der Waals surface area contributed by atoms with Crippen LogP contribution in [-0.4, -0.2) is 12.6 Å². The summed E-state index contributed by atoms with van der Waals surface area (Å²) in [6.45, 7) is 0.705. The standard InChI is InChI=1S/C16H13ClN2O/c17-15-8-13(6-5-12(15)9-18)19-10-14-7-11-3-1-2-4-16(11)20-14/h1-6,8,14,19H,7,10H2. The molecule has 100 valence electrons. The molecule has 1 aliphatic rings. The summed E-state index contributed by atoms with van der Waals surface area (Å²) in [7, 11) is 0. The largest absolute Gasteiger partial charge is 0.488 e. The fraction of sp³-hybridized carbons (Fsp3) is 0.188. The smallest absolute Gasteiger partial charge is 0.123 e. The number of halogens is 1. The van der Waals surface area contributed by atoms with Crippen molar-refractivity contribution >= 4 is 17.3 Å². The summed E-state index contributed by atoms with van der Waals surface area (Å²) in [4.78, 5) is 0. The minimum Gasteiger partial charge on any atom is -0.488 e. The van der Waals surface area contributed by atoms with E-state index in [1.165, 1.54) is 5.56 Å². The molecule has 1 unspecified atom stereocenters. The van der Waals surface area contributed by atoms with Crippen molar-refractivity contribution in [1.82, 2.24) is 0 Å². The molecule has 0 bridgehead atoms. The van der Waals surface area contributed by atoms with E-state index in [1.54, 1.807) is 12.1 Å². The fourth-order valence-corrected chi connectivity index (χ4v) is 2.54. The van der Waals surface area contributed by atoms with E-state index in [0.717, 1.165) is 17.9 Å². The molecule has 1 N–H and O–H groups in total. The van der Waals surface area contributed by atoms with Gasteiger partial charge in [-0.1, -0.05) is 29.8 Å². The van der Waals surface area contributed by atoms with Crippen molar-refractivity contribution in [2.45, 2.75) is 12.5 Å². The Morgan fingerprint density at radius 1 is 1.30 bits per heavy atom. The monoisotopic (exact) mass is 284 g/mol. The first-order valence-corrected chi connectivity index (χ1v) is 6.82. The molecule has 1 heterocycles. The van der Waals surface area contributed by atoms with Gasteiger partial charge in [0.05, 0.1) is 17.1 Å². The van der Waals surface area contributed by atoms with Crippen LogP contribution in [0.1, 0.15) is 11.1 Å². The topological polar surface area (TPSA) is 45.0 Å². The molecule has 3 nitrogen and oxygen atoms in total. The lowest BCUT2D eigenvalue weighted by Gasteiger charge is -2.13. The summed E-state index contributed by atoms with van der Waals surface area (Å²) in [6.07, 6.45) is 1.04. The maximum atomic E-state index is 8.84. The molecule has 4 heteroatoms. The third kappa shape index (κ3) is 2.56. The molecule has 20 heavy (non-hydrogen) atoms. The number of nitrogens with zero attached hydrogens (tertiary/aromatic N) is 1. The van der Waals surface area contributed by atoms with E-state index in [0.29, 0.717) is 17.1 Å². The summed E-state index contributed by atoms with van der Waals surface area (Å²) in [5.74, 6) is 0.970. The van der Waals surface area contributed by atoms with Crippen LogP contribution >= 0.6 is 11.6 Å². The number of ether oxygens (including phenoxy) is 1. The van der Waals surface area contributed by atoms with Crippen LogP contribution in [0.5, 0.6) is 5.75 Å².